The lowest BCUT2D eigenvalue weighted by molar-refractivity contribution is -0.131. The van der Waals surface area contributed by atoms with Gasteiger partial charge in [-0.05, 0) is 69.6 Å². The van der Waals surface area contributed by atoms with Gasteiger partial charge in [0.2, 0.25) is 5.91 Å². The summed E-state index contributed by atoms with van der Waals surface area (Å²) in [5, 5.41) is 3.77. The van der Waals surface area contributed by atoms with Crippen LogP contribution in [-0.2, 0) is 14.8 Å². The summed E-state index contributed by atoms with van der Waals surface area (Å²) in [5.41, 5.74) is -0.639. The van der Waals surface area contributed by atoms with Crippen LogP contribution in [0.2, 0.25) is 0 Å². The number of hydrogen-bond acceptors (Lipinski definition) is 6. The fraction of sp³-hybridized carbons (Fsp3) is 0.783. The van der Waals surface area contributed by atoms with Crippen molar-refractivity contribution in [3.8, 4) is 0 Å². The fourth-order valence-electron chi connectivity index (χ4n) is 7.18. The monoisotopic (exact) mass is 463 g/mol. The van der Waals surface area contributed by atoms with E-state index < -0.39 is 15.6 Å². The van der Waals surface area contributed by atoms with Gasteiger partial charge in [0.05, 0.1) is 12.6 Å². The molecule has 178 valence electrons. The average Bonchev–Trinajstić information content (AvgIpc) is 3.17. The smallest absolute Gasteiger partial charge is 0.254 e. The standard InChI is InChI=1S/C23H37N5O3S/c1-4-20(25-5-2)32(30,31)27-23-12-17-9-18(13-23)11-22(10-17,16-23)26-15-21(29)28-8-6-7-19(28)14-24-3/h5,14,17-19,26-27H,2,4,6-13,15-16H2,1,3H3. The van der Waals surface area contributed by atoms with Crippen molar-refractivity contribution in [2.75, 3.05) is 20.1 Å². The van der Waals surface area contributed by atoms with Gasteiger partial charge in [-0.1, -0.05) is 13.5 Å². The molecule has 5 aliphatic rings. The van der Waals surface area contributed by atoms with Gasteiger partial charge in [-0.2, -0.15) is 0 Å². The summed E-state index contributed by atoms with van der Waals surface area (Å²) >= 11 is 0. The second-order valence-electron chi connectivity index (χ2n) is 10.2. The minimum atomic E-state index is -3.67. The zero-order valence-electron chi connectivity index (χ0n) is 19.3. The van der Waals surface area contributed by atoms with Gasteiger partial charge in [-0.15, -0.1) is 0 Å². The number of rotatable bonds is 8. The quantitative estimate of drug-likeness (QED) is 0.426. The Morgan fingerprint density at radius 2 is 1.91 bits per heavy atom. The van der Waals surface area contributed by atoms with E-state index in [1.807, 2.05) is 11.1 Å². The highest BCUT2D eigenvalue weighted by Gasteiger charge is 2.59. The van der Waals surface area contributed by atoms with Crippen LogP contribution in [0.5, 0.6) is 0 Å². The predicted octanol–water partition coefficient (Wildman–Crippen LogP) is 2.23. The van der Waals surface area contributed by atoms with Crippen molar-refractivity contribution in [1.29, 1.82) is 0 Å². The molecule has 3 unspecified atom stereocenters. The maximum Gasteiger partial charge on any atom is 0.254 e. The molecule has 0 radical (unpaired) electrons. The Hall–Kier alpha value is -1.58. The molecule has 0 aromatic rings. The van der Waals surface area contributed by atoms with Crippen molar-refractivity contribution in [3.63, 3.8) is 0 Å². The number of carbonyl (C=O) groups is 1. The number of amides is 1. The number of likely N-dealkylation sites (tertiary alicyclic amines) is 1. The van der Waals surface area contributed by atoms with Crippen molar-refractivity contribution in [2.45, 2.75) is 81.8 Å². The molecule has 4 aliphatic carbocycles. The summed E-state index contributed by atoms with van der Waals surface area (Å²) < 4.78 is 29.3. The highest BCUT2D eigenvalue weighted by molar-refractivity contribution is 8.04. The van der Waals surface area contributed by atoms with Crippen LogP contribution < -0.4 is 10.0 Å². The first-order valence-electron chi connectivity index (χ1n) is 11.9. The van der Waals surface area contributed by atoms with Crippen molar-refractivity contribution < 1.29 is 13.2 Å². The molecular formula is C23H37N5O3S. The van der Waals surface area contributed by atoms with E-state index in [2.05, 4.69) is 26.6 Å². The predicted molar refractivity (Wildman–Crippen MR) is 127 cm³/mol. The molecule has 0 aromatic carbocycles. The van der Waals surface area contributed by atoms with Crippen molar-refractivity contribution in [3.05, 3.63) is 12.8 Å². The number of nitrogens with zero attached hydrogens (tertiary/aromatic N) is 3. The molecule has 0 spiro atoms. The first-order chi connectivity index (χ1) is 15.2. The Morgan fingerprint density at radius 3 is 2.53 bits per heavy atom. The van der Waals surface area contributed by atoms with Gasteiger partial charge in [0, 0.05) is 37.1 Å². The molecule has 5 fully saturated rings. The van der Waals surface area contributed by atoms with Crippen LogP contribution in [0.1, 0.15) is 64.7 Å². The lowest BCUT2D eigenvalue weighted by Crippen LogP contribution is -2.70. The van der Waals surface area contributed by atoms with Crippen LogP contribution in [-0.4, -0.2) is 67.7 Å². The molecule has 0 aromatic heterocycles. The first-order valence-corrected chi connectivity index (χ1v) is 13.4. The summed E-state index contributed by atoms with van der Waals surface area (Å²) in [7, 11) is -1.92. The Kier molecular flexibility index (Phi) is 6.62. The molecule has 5 rings (SSSR count). The molecule has 4 bridgehead atoms. The summed E-state index contributed by atoms with van der Waals surface area (Å²) in [6, 6.07) is 0.0976. The van der Waals surface area contributed by atoms with Gasteiger partial charge in [-0.3, -0.25) is 9.79 Å². The average molecular weight is 464 g/mol. The van der Waals surface area contributed by atoms with Gasteiger partial charge in [0.1, 0.15) is 5.04 Å². The SMILES string of the molecule is C=CN=C(CC)S(=O)(=O)NC12CC3CC(CC(NCC(=O)N4CCCC4C=NC)(C3)C1)C2. The molecule has 1 amide bonds. The number of carbonyl (C=O) groups excluding carboxylic acids is 1. The van der Waals surface area contributed by atoms with Crippen LogP contribution in [0.4, 0.5) is 0 Å². The summed E-state index contributed by atoms with van der Waals surface area (Å²) in [5.74, 6) is 1.08. The number of sulfonamides is 1. The second-order valence-corrected chi connectivity index (χ2v) is 11.9. The summed E-state index contributed by atoms with van der Waals surface area (Å²) in [4.78, 5) is 23.1. The molecule has 32 heavy (non-hydrogen) atoms. The molecule has 2 N–H and O–H groups in total. The largest absolute Gasteiger partial charge is 0.334 e. The maximum absolute atomic E-state index is 13.1. The van der Waals surface area contributed by atoms with Crippen molar-refractivity contribution in [1.82, 2.24) is 14.9 Å². The molecule has 3 atom stereocenters. The first kappa shape index (κ1) is 23.6. The Balaban J connectivity index is 1.48. The van der Waals surface area contributed by atoms with E-state index in [9.17, 15) is 13.2 Å². The van der Waals surface area contributed by atoms with Crippen molar-refractivity contribution in [2.24, 2.45) is 21.8 Å². The molecular weight excluding hydrogens is 426 g/mol. The topological polar surface area (TPSA) is 103 Å². The number of hydrogen-bond donors (Lipinski definition) is 2. The lowest BCUT2D eigenvalue weighted by atomic mass is 9.50. The molecule has 1 aliphatic heterocycles. The minimum Gasteiger partial charge on any atom is -0.334 e. The lowest BCUT2D eigenvalue weighted by Gasteiger charge is -2.62. The van der Waals surface area contributed by atoms with Gasteiger partial charge < -0.3 is 10.2 Å². The number of aliphatic imine (C=N–C) groups is 2. The van der Waals surface area contributed by atoms with E-state index in [0.29, 0.717) is 24.8 Å². The molecule has 4 saturated carbocycles. The van der Waals surface area contributed by atoms with Crippen LogP contribution >= 0.6 is 0 Å². The Morgan fingerprint density at radius 1 is 1.22 bits per heavy atom. The van der Waals surface area contributed by atoms with E-state index >= 15 is 0 Å². The fourth-order valence-corrected chi connectivity index (χ4v) is 8.70. The van der Waals surface area contributed by atoms with Crippen LogP contribution in [0, 0.1) is 11.8 Å². The zero-order chi connectivity index (χ0) is 23.0. The highest BCUT2D eigenvalue weighted by atomic mass is 32.2. The number of nitrogens with one attached hydrogen (secondary N) is 2. The van der Waals surface area contributed by atoms with E-state index in [-0.39, 0.29) is 22.5 Å². The van der Waals surface area contributed by atoms with Crippen LogP contribution in [0.25, 0.3) is 0 Å². The summed E-state index contributed by atoms with van der Waals surface area (Å²) in [6.45, 7) is 6.43. The molecule has 1 heterocycles. The van der Waals surface area contributed by atoms with E-state index in [1.54, 1.807) is 14.0 Å². The van der Waals surface area contributed by atoms with Gasteiger partial charge in [0.25, 0.3) is 10.0 Å². The van der Waals surface area contributed by atoms with Crippen molar-refractivity contribution >= 4 is 27.2 Å². The minimum absolute atomic E-state index is 0.0976. The summed E-state index contributed by atoms with van der Waals surface area (Å²) in [6.07, 6.45) is 11.1. The molecule has 1 saturated heterocycles. The third kappa shape index (κ3) is 4.56. The van der Waals surface area contributed by atoms with Gasteiger partial charge >= 0.3 is 0 Å². The van der Waals surface area contributed by atoms with Crippen LogP contribution in [0.3, 0.4) is 0 Å². The van der Waals surface area contributed by atoms with Gasteiger partial charge in [0.15, 0.2) is 0 Å². The third-order valence-corrected chi connectivity index (χ3v) is 9.53. The Bertz CT molecular complexity index is 899. The normalized spacial score (nSPS) is 36.9. The Labute approximate surface area is 192 Å². The van der Waals surface area contributed by atoms with E-state index in [4.69, 9.17) is 0 Å². The zero-order valence-corrected chi connectivity index (χ0v) is 20.2. The molecule has 8 nitrogen and oxygen atoms in total. The van der Waals surface area contributed by atoms with Gasteiger partial charge in [-0.25, -0.2) is 18.1 Å². The third-order valence-electron chi connectivity index (χ3n) is 7.82. The molecule has 9 heteroatoms. The maximum atomic E-state index is 13.1. The van der Waals surface area contributed by atoms with E-state index in [0.717, 1.165) is 57.9 Å². The van der Waals surface area contributed by atoms with E-state index in [1.165, 1.54) is 6.20 Å². The second kappa shape index (κ2) is 8.99. The highest BCUT2D eigenvalue weighted by Crippen LogP contribution is 2.57. The van der Waals surface area contributed by atoms with Crippen LogP contribution in [0.15, 0.2) is 22.8 Å².